The third-order valence-corrected chi connectivity index (χ3v) is 5.44. The molecule has 0 atom stereocenters. The van der Waals surface area contributed by atoms with Crippen LogP contribution in [-0.4, -0.2) is 38.8 Å². The third-order valence-electron chi connectivity index (χ3n) is 4.36. The van der Waals surface area contributed by atoms with E-state index in [1.54, 1.807) is 23.7 Å². The van der Waals surface area contributed by atoms with Crippen molar-refractivity contribution in [2.45, 2.75) is 13.0 Å². The predicted octanol–water partition coefficient (Wildman–Crippen LogP) is 1.09. The topological polar surface area (TPSA) is 177 Å². The van der Waals surface area contributed by atoms with Crippen LogP contribution in [0.4, 0.5) is 0 Å². The molecule has 0 aliphatic carbocycles. The molecule has 3 aromatic heterocycles. The number of fused-ring (bicyclic) bond motifs is 1. The third kappa shape index (κ3) is 4.10. The van der Waals surface area contributed by atoms with Gasteiger partial charge in [0.2, 0.25) is 5.91 Å². The van der Waals surface area contributed by atoms with E-state index in [1.807, 2.05) is 0 Å². The van der Waals surface area contributed by atoms with Crippen molar-refractivity contribution in [2.24, 2.45) is 18.5 Å². The minimum Gasteiger partial charge on any atom is -0.402 e. The fraction of sp³-hybridized carbons (Fsp3) is 0.158. The van der Waals surface area contributed by atoms with Gasteiger partial charge >= 0.3 is 0 Å². The fourth-order valence-electron chi connectivity index (χ4n) is 2.91. The van der Waals surface area contributed by atoms with Gasteiger partial charge in [-0.3, -0.25) is 14.6 Å². The fourth-order valence-corrected chi connectivity index (χ4v) is 4.05. The van der Waals surface area contributed by atoms with E-state index in [0.717, 1.165) is 22.1 Å². The molecule has 3 heterocycles. The van der Waals surface area contributed by atoms with Gasteiger partial charge in [0.15, 0.2) is 5.65 Å². The van der Waals surface area contributed by atoms with Gasteiger partial charge in [0, 0.05) is 43.4 Å². The largest absolute Gasteiger partial charge is 0.402 e. The van der Waals surface area contributed by atoms with Gasteiger partial charge in [-0.25, -0.2) is 4.98 Å². The van der Waals surface area contributed by atoms with E-state index < -0.39 is 5.91 Å². The molecular weight excluding hydrogens is 404 g/mol. The molecule has 0 radical (unpaired) electrons. The molecule has 11 heteroatoms. The van der Waals surface area contributed by atoms with Crippen molar-refractivity contribution < 1.29 is 9.59 Å². The second-order valence-corrected chi connectivity index (χ2v) is 7.48. The Morgan fingerprint density at radius 2 is 2.07 bits per heavy atom. The summed E-state index contributed by atoms with van der Waals surface area (Å²) in [6, 6.07) is 3.16. The van der Waals surface area contributed by atoms with Crippen LogP contribution in [0.1, 0.15) is 37.1 Å². The summed E-state index contributed by atoms with van der Waals surface area (Å²) >= 11 is 1.36. The number of hydrogen-bond acceptors (Lipinski definition) is 8. The average Bonchev–Trinajstić information content (AvgIpc) is 3.23. The average molecular weight is 424 g/mol. The zero-order valence-corrected chi connectivity index (χ0v) is 16.9. The molecule has 0 saturated carbocycles. The molecule has 30 heavy (non-hydrogen) atoms. The number of primary amides is 1. The Hall–Kier alpha value is -3.86. The van der Waals surface area contributed by atoms with Crippen molar-refractivity contribution in [3.8, 4) is 0 Å². The first-order chi connectivity index (χ1) is 14.3. The summed E-state index contributed by atoms with van der Waals surface area (Å²) < 4.78 is 2.37. The Morgan fingerprint density at radius 1 is 1.30 bits per heavy atom. The molecule has 0 fully saturated rings. The summed E-state index contributed by atoms with van der Waals surface area (Å²) in [5.41, 5.74) is 13.8. The first-order valence-corrected chi connectivity index (χ1v) is 9.64. The van der Waals surface area contributed by atoms with Gasteiger partial charge in [0.25, 0.3) is 5.91 Å². The molecule has 3 aromatic rings. The van der Waals surface area contributed by atoms with Crippen LogP contribution in [0.25, 0.3) is 10.3 Å². The molecule has 0 aliphatic rings. The zero-order chi connectivity index (χ0) is 21.8. The number of allylic oxidation sites excluding steroid dienone is 2. The summed E-state index contributed by atoms with van der Waals surface area (Å²) in [7, 11) is 1.71. The second kappa shape index (κ2) is 8.66. The number of nitrogens with two attached hydrogens (primary N) is 2. The van der Waals surface area contributed by atoms with Crippen molar-refractivity contribution in [3.63, 3.8) is 0 Å². The molecule has 7 N–H and O–H groups in total. The van der Waals surface area contributed by atoms with Crippen LogP contribution in [0.2, 0.25) is 0 Å². The number of thiazole rings is 1. The summed E-state index contributed by atoms with van der Waals surface area (Å²) in [5.74, 6) is -0.939. The van der Waals surface area contributed by atoms with Crippen LogP contribution in [0.15, 0.2) is 30.1 Å². The molecule has 2 amide bonds. The predicted molar refractivity (Wildman–Crippen MR) is 115 cm³/mol. The Labute approximate surface area is 175 Å². The number of nitrogens with zero attached hydrogens (tertiary/aromatic N) is 3. The van der Waals surface area contributed by atoms with Crippen LogP contribution in [0.3, 0.4) is 0 Å². The zero-order valence-electron chi connectivity index (χ0n) is 16.1. The van der Waals surface area contributed by atoms with Crippen molar-refractivity contribution in [3.05, 3.63) is 57.6 Å². The van der Waals surface area contributed by atoms with E-state index in [-0.39, 0.29) is 18.0 Å². The molecule has 10 nitrogen and oxygen atoms in total. The quantitative estimate of drug-likeness (QED) is 0.339. The number of aryl methyl sites for hydroxylation is 1. The molecule has 154 valence electrons. The highest BCUT2D eigenvalue weighted by Crippen LogP contribution is 2.30. The van der Waals surface area contributed by atoms with Gasteiger partial charge in [-0.1, -0.05) is 0 Å². The van der Waals surface area contributed by atoms with Gasteiger partial charge in [0.05, 0.1) is 22.5 Å². The maximum atomic E-state index is 12.8. The monoisotopic (exact) mass is 424 g/mol. The Kier molecular flexibility index (Phi) is 6.02. The number of amides is 2. The number of carbonyl (C=O) groups excluding carboxylic acids is 2. The van der Waals surface area contributed by atoms with E-state index in [2.05, 4.69) is 15.3 Å². The standard InChI is InChI=1S/C19H20N8O2S/c1-27-15(19(29)25-9-12-3-2-10(8-24-12)17(23)28)13(7-21)16-18(27)26-14(30-16)6-11(22)4-5-20/h2-5,7-8,20-21H,6,9,22H2,1H3,(H2,23,28)(H,25,29). The van der Waals surface area contributed by atoms with Crippen molar-refractivity contribution in [1.29, 1.82) is 10.8 Å². The first kappa shape index (κ1) is 20.9. The molecule has 0 saturated heterocycles. The second-order valence-electron chi connectivity index (χ2n) is 6.40. The van der Waals surface area contributed by atoms with E-state index in [9.17, 15) is 9.59 Å². The molecule has 0 bridgehead atoms. The van der Waals surface area contributed by atoms with Crippen molar-refractivity contribution >= 4 is 45.9 Å². The number of aromatic nitrogens is 3. The van der Waals surface area contributed by atoms with Gasteiger partial charge in [-0.2, -0.15) is 0 Å². The Balaban J connectivity index is 1.83. The summed E-state index contributed by atoms with van der Waals surface area (Å²) in [5, 5.41) is 18.4. The highest BCUT2D eigenvalue weighted by molar-refractivity contribution is 7.19. The van der Waals surface area contributed by atoms with E-state index in [1.165, 1.54) is 23.6 Å². The SMILES string of the molecule is Cn1c(C(=O)NCc2ccc(C(N)=O)cn2)c(C=N)c2sc(CC(N)=CC=N)nc21. The lowest BCUT2D eigenvalue weighted by Gasteiger charge is -2.08. The van der Waals surface area contributed by atoms with E-state index in [4.69, 9.17) is 22.3 Å². The van der Waals surface area contributed by atoms with Crippen molar-refractivity contribution in [1.82, 2.24) is 19.9 Å². The normalized spacial score (nSPS) is 11.4. The Bertz CT molecular complexity index is 1170. The lowest BCUT2D eigenvalue weighted by atomic mass is 10.2. The molecule has 3 rings (SSSR count). The Morgan fingerprint density at radius 3 is 2.67 bits per heavy atom. The highest BCUT2D eigenvalue weighted by atomic mass is 32.1. The maximum Gasteiger partial charge on any atom is 0.269 e. The van der Waals surface area contributed by atoms with Crippen LogP contribution >= 0.6 is 11.3 Å². The number of pyridine rings is 1. The molecule has 0 aliphatic heterocycles. The molecular formula is C19H20N8O2S. The van der Waals surface area contributed by atoms with Gasteiger partial charge in [-0.05, 0) is 18.2 Å². The van der Waals surface area contributed by atoms with Crippen LogP contribution < -0.4 is 16.8 Å². The number of carbonyl (C=O) groups is 2. The van der Waals surface area contributed by atoms with Crippen LogP contribution in [0.5, 0.6) is 0 Å². The van der Waals surface area contributed by atoms with E-state index >= 15 is 0 Å². The lowest BCUT2D eigenvalue weighted by Crippen LogP contribution is -2.26. The number of hydrogen-bond donors (Lipinski definition) is 5. The van der Waals surface area contributed by atoms with Crippen molar-refractivity contribution in [2.75, 3.05) is 0 Å². The minimum atomic E-state index is -0.570. The first-order valence-electron chi connectivity index (χ1n) is 8.82. The molecule has 0 spiro atoms. The summed E-state index contributed by atoms with van der Waals surface area (Å²) in [6.07, 6.45) is 5.49. The summed E-state index contributed by atoms with van der Waals surface area (Å²) in [4.78, 5) is 32.5. The molecule has 0 aromatic carbocycles. The number of nitrogens with one attached hydrogen (secondary N) is 3. The summed E-state index contributed by atoms with van der Waals surface area (Å²) in [6.45, 7) is 0.151. The minimum absolute atomic E-state index is 0.151. The molecule has 0 unspecified atom stereocenters. The van der Waals surface area contributed by atoms with E-state index in [0.29, 0.717) is 34.7 Å². The van der Waals surface area contributed by atoms with Gasteiger partial charge in [0.1, 0.15) is 10.7 Å². The number of rotatable bonds is 8. The lowest BCUT2D eigenvalue weighted by molar-refractivity contribution is 0.0941. The smallest absolute Gasteiger partial charge is 0.269 e. The van der Waals surface area contributed by atoms with Gasteiger partial charge < -0.3 is 32.2 Å². The van der Waals surface area contributed by atoms with Crippen LogP contribution in [-0.2, 0) is 20.0 Å². The highest BCUT2D eigenvalue weighted by Gasteiger charge is 2.23. The maximum absolute atomic E-state index is 12.8. The van der Waals surface area contributed by atoms with Gasteiger partial charge in [-0.15, -0.1) is 11.3 Å². The van der Waals surface area contributed by atoms with Crippen LogP contribution in [0, 0.1) is 10.8 Å².